The van der Waals surface area contributed by atoms with Crippen LogP contribution >= 0.6 is 12.3 Å². The fourth-order valence-electron chi connectivity index (χ4n) is 3.38. The van der Waals surface area contributed by atoms with E-state index in [0.29, 0.717) is 26.4 Å². The van der Waals surface area contributed by atoms with Crippen LogP contribution in [0.25, 0.3) is 0 Å². The van der Waals surface area contributed by atoms with E-state index in [1.807, 2.05) is 18.2 Å². The van der Waals surface area contributed by atoms with Crippen molar-refractivity contribution in [2.24, 2.45) is 0 Å². The van der Waals surface area contributed by atoms with Crippen LogP contribution in [-0.4, -0.2) is 55.6 Å². The standard InChI is InChI=1S/C20H25N3O4S/c1-8-21-20(22-9-1)23-10-6-19(7-11-23)25-13-12-24-18-4-2-16(3-5-18)17-14-26-28-27-15-17/h1-5,8-9,17,19H,6-7,10-15H2. The Balaban J connectivity index is 1.13. The normalized spacial score (nSPS) is 18.9. The first-order valence-corrected chi connectivity index (χ1v) is 10.3. The molecular formula is C20H25N3O4S. The topological polar surface area (TPSA) is 65.9 Å². The summed E-state index contributed by atoms with van der Waals surface area (Å²) in [4.78, 5) is 10.8. The molecule has 0 aliphatic carbocycles. The van der Waals surface area contributed by atoms with E-state index in [1.165, 1.54) is 5.56 Å². The molecule has 2 aliphatic heterocycles. The fraction of sp³-hybridized carbons (Fsp3) is 0.500. The molecular weight excluding hydrogens is 378 g/mol. The van der Waals surface area contributed by atoms with Gasteiger partial charge in [-0.2, -0.15) is 0 Å². The highest BCUT2D eigenvalue weighted by molar-refractivity contribution is 7.89. The van der Waals surface area contributed by atoms with Crippen LogP contribution in [0.4, 0.5) is 5.95 Å². The molecule has 0 saturated carbocycles. The van der Waals surface area contributed by atoms with Crippen molar-refractivity contribution < 1.29 is 17.8 Å². The van der Waals surface area contributed by atoms with Gasteiger partial charge in [-0.05, 0) is 36.6 Å². The lowest BCUT2D eigenvalue weighted by Gasteiger charge is -2.31. The Morgan fingerprint density at radius 1 is 1.00 bits per heavy atom. The maximum atomic E-state index is 5.98. The van der Waals surface area contributed by atoms with E-state index in [4.69, 9.17) is 17.8 Å². The van der Waals surface area contributed by atoms with E-state index in [1.54, 1.807) is 12.4 Å². The largest absolute Gasteiger partial charge is 0.491 e. The minimum atomic E-state index is 0.273. The van der Waals surface area contributed by atoms with E-state index in [2.05, 4.69) is 27.0 Å². The van der Waals surface area contributed by atoms with Crippen molar-refractivity contribution in [3.8, 4) is 5.75 Å². The first kappa shape index (κ1) is 19.4. The summed E-state index contributed by atoms with van der Waals surface area (Å²) < 4.78 is 22.3. The lowest BCUT2D eigenvalue weighted by molar-refractivity contribution is 0.0201. The van der Waals surface area contributed by atoms with Gasteiger partial charge in [0.25, 0.3) is 0 Å². The molecule has 0 bridgehead atoms. The van der Waals surface area contributed by atoms with E-state index in [-0.39, 0.29) is 12.0 Å². The number of nitrogens with zero attached hydrogens (tertiary/aromatic N) is 3. The zero-order valence-electron chi connectivity index (χ0n) is 15.7. The molecule has 0 unspecified atom stereocenters. The molecule has 7 nitrogen and oxygen atoms in total. The van der Waals surface area contributed by atoms with Crippen molar-refractivity contribution in [1.82, 2.24) is 9.97 Å². The van der Waals surface area contributed by atoms with Crippen LogP contribution in [0.2, 0.25) is 0 Å². The van der Waals surface area contributed by atoms with Gasteiger partial charge in [0, 0.05) is 31.4 Å². The monoisotopic (exact) mass is 403 g/mol. The van der Waals surface area contributed by atoms with E-state index in [0.717, 1.165) is 50.0 Å². The molecule has 2 fully saturated rings. The Morgan fingerprint density at radius 3 is 2.43 bits per heavy atom. The van der Waals surface area contributed by atoms with E-state index < -0.39 is 0 Å². The van der Waals surface area contributed by atoms with Gasteiger partial charge in [-0.3, -0.25) is 8.37 Å². The Kier molecular flexibility index (Phi) is 6.99. The number of ether oxygens (including phenoxy) is 2. The van der Waals surface area contributed by atoms with Gasteiger partial charge in [-0.15, -0.1) is 0 Å². The third-order valence-corrected chi connectivity index (χ3v) is 5.43. The molecule has 8 heteroatoms. The summed E-state index contributed by atoms with van der Waals surface area (Å²) in [6.07, 6.45) is 5.80. The molecule has 0 radical (unpaired) electrons. The SMILES string of the molecule is c1cnc(N2CCC(OCCOc3ccc(C4COSOC4)cc3)CC2)nc1. The number of hydrogen-bond donors (Lipinski definition) is 0. The molecule has 1 aromatic heterocycles. The highest BCUT2D eigenvalue weighted by Crippen LogP contribution is 2.27. The van der Waals surface area contributed by atoms with Crippen LogP contribution < -0.4 is 9.64 Å². The maximum Gasteiger partial charge on any atom is 0.225 e. The fourth-order valence-corrected chi connectivity index (χ4v) is 3.89. The number of rotatable bonds is 7. The lowest BCUT2D eigenvalue weighted by atomic mass is 10.0. The van der Waals surface area contributed by atoms with Crippen molar-refractivity contribution in [1.29, 1.82) is 0 Å². The molecule has 2 saturated heterocycles. The summed E-state index contributed by atoms with van der Waals surface area (Å²) in [5.41, 5.74) is 1.21. The number of aromatic nitrogens is 2. The van der Waals surface area contributed by atoms with E-state index >= 15 is 0 Å². The second-order valence-electron chi connectivity index (χ2n) is 6.86. The predicted octanol–water partition coefficient (Wildman–Crippen LogP) is 3.23. The van der Waals surface area contributed by atoms with Gasteiger partial charge in [-0.1, -0.05) is 12.1 Å². The molecule has 28 heavy (non-hydrogen) atoms. The average Bonchev–Trinajstić information content (AvgIpc) is 2.79. The first-order chi connectivity index (χ1) is 13.9. The quantitative estimate of drug-likeness (QED) is 0.516. The number of anilines is 1. The minimum Gasteiger partial charge on any atom is -0.491 e. The predicted molar refractivity (Wildman–Crippen MR) is 107 cm³/mol. The lowest BCUT2D eigenvalue weighted by Crippen LogP contribution is -2.38. The summed E-state index contributed by atoms with van der Waals surface area (Å²) in [5.74, 6) is 1.94. The Bertz CT molecular complexity index is 705. The second kappa shape index (κ2) is 10.1. The molecule has 0 atom stereocenters. The van der Waals surface area contributed by atoms with Crippen molar-refractivity contribution in [3.05, 3.63) is 48.3 Å². The van der Waals surface area contributed by atoms with Gasteiger partial charge in [0.15, 0.2) is 12.3 Å². The van der Waals surface area contributed by atoms with Crippen molar-refractivity contribution in [2.75, 3.05) is 44.4 Å². The molecule has 2 aliphatic rings. The highest BCUT2D eigenvalue weighted by Gasteiger charge is 2.21. The smallest absolute Gasteiger partial charge is 0.225 e. The molecule has 2 aromatic rings. The van der Waals surface area contributed by atoms with Gasteiger partial charge in [0.2, 0.25) is 5.95 Å². The zero-order chi connectivity index (χ0) is 19.0. The highest BCUT2D eigenvalue weighted by atomic mass is 32.2. The second-order valence-corrected chi connectivity index (χ2v) is 7.46. The number of hydrogen-bond acceptors (Lipinski definition) is 8. The maximum absolute atomic E-state index is 5.98. The molecule has 4 rings (SSSR count). The van der Waals surface area contributed by atoms with E-state index in [9.17, 15) is 0 Å². The van der Waals surface area contributed by atoms with Crippen molar-refractivity contribution in [2.45, 2.75) is 24.9 Å². The van der Waals surface area contributed by atoms with Crippen LogP contribution in [-0.2, 0) is 13.1 Å². The average molecular weight is 404 g/mol. The van der Waals surface area contributed by atoms with Crippen LogP contribution in [0.1, 0.15) is 24.3 Å². The molecule has 0 spiro atoms. The van der Waals surface area contributed by atoms with Crippen LogP contribution in [0.15, 0.2) is 42.7 Å². The van der Waals surface area contributed by atoms with Gasteiger partial charge >= 0.3 is 0 Å². The van der Waals surface area contributed by atoms with Gasteiger partial charge < -0.3 is 14.4 Å². The third kappa shape index (κ3) is 5.35. The number of piperidine rings is 1. The Labute approximate surface area is 169 Å². The molecule has 0 amide bonds. The first-order valence-electron chi connectivity index (χ1n) is 9.66. The Morgan fingerprint density at radius 2 is 1.71 bits per heavy atom. The summed E-state index contributed by atoms with van der Waals surface area (Å²) in [6, 6.07) is 9.98. The van der Waals surface area contributed by atoms with Gasteiger partial charge in [0.05, 0.1) is 25.9 Å². The van der Waals surface area contributed by atoms with Crippen molar-refractivity contribution >= 4 is 18.3 Å². The van der Waals surface area contributed by atoms with Crippen LogP contribution in [0.3, 0.4) is 0 Å². The number of benzene rings is 1. The summed E-state index contributed by atoms with van der Waals surface area (Å²) in [7, 11) is 0. The molecule has 0 N–H and O–H groups in total. The summed E-state index contributed by atoms with van der Waals surface area (Å²) in [6.45, 7) is 4.33. The summed E-state index contributed by atoms with van der Waals surface area (Å²) in [5, 5.41) is 0. The molecule has 3 heterocycles. The van der Waals surface area contributed by atoms with Gasteiger partial charge in [-0.25, -0.2) is 9.97 Å². The van der Waals surface area contributed by atoms with Gasteiger partial charge in [0.1, 0.15) is 12.4 Å². The minimum absolute atomic E-state index is 0.273. The third-order valence-electron chi connectivity index (χ3n) is 4.97. The van der Waals surface area contributed by atoms with Crippen LogP contribution in [0, 0.1) is 0 Å². The van der Waals surface area contributed by atoms with Crippen molar-refractivity contribution in [3.63, 3.8) is 0 Å². The zero-order valence-corrected chi connectivity index (χ0v) is 16.6. The molecule has 150 valence electrons. The van der Waals surface area contributed by atoms with Crippen LogP contribution in [0.5, 0.6) is 5.75 Å². The molecule has 1 aromatic carbocycles. The Hall–Kier alpha value is -1.87. The summed E-state index contributed by atoms with van der Waals surface area (Å²) >= 11 is 1.07.